The van der Waals surface area contributed by atoms with Crippen LogP contribution in [0.1, 0.15) is 0 Å². The largest absolute Gasteiger partial charge is 0.488 e. The van der Waals surface area contributed by atoms with Crippen LogP contribution in [0, 0.1) is 0 Å². The maximum atomic E-state index is 9.06. The van der Waals surface area contributed by atoms with Gasteiger partial charge in [-0.15, -0.1) is 11.3 Å². The van der Waals surface area contributed by atoms with Crippen molar-refractivity contribution in [2.75, 3.05) is 0 Å². The van der Waals surface area contributed by atoms with E-state index in [1.165, 1.54) is 11.3 Å². The molecule has 2 heterocycles. The first kappa shape index (κ1) is 10.8. The molecule has 76 valence electrons. The summed E-state index contributed by atoms with van der Waals surface area (Å²) in [6.07, 6.45) is 1.68. The highest BCUT2D eigenvalue weighted by atomic mass is 79.9. The topological polar surface area (TPSA) is 66.2 Å². The van der Waals surface area contributed by atoms with Gasteiger partial charge in [-0.1, -0.05) is 0 Å². The van der Waals surface area contributed by atoms with Crippen LogP contribution in [0.4, 0.5) is 0 Å². The molecule has 0 saturated carbocycles. The molecule has 0 bridgehead atoms. The van der Waals surface area contributed by atoms with Crippen LogP contribution in [0.2, 0.25) is 0 Å². The second-order valence-electron chi connectivity index (χ2n) is 2.82. The molecule has 0 radical (unpaired) electrons. The molecule has 2 rings (SSSR count). The number of thiazole rings is 1. The maximum Gasteiger partial charge on any atom is 0.488 e. The first-order valence-electron chi connectivity index (χ1n) is 4.10. The first-order valence-corrected chi connectivity index (χ1v) is 5.77. The Morgan fingerprint density at radius 3 is 2.73 bits per heavy atom. The van der Waals surface area contributed by atoms with E-state index in [2.05, 4.69) is 25.9 Å². The molecule has 0 spiro atoms. The third-order valence-electron chi connectivity index (χ3n) is 1.77. The normalized spacial score (nSPS) is 10.3. The van der Waals surface area contributed by atoms with E-state index >= 15 is 0 Å². The van der Waals surface area contributed by atoms with E-state index in [9.17, 15) is 0 Å². The molecule has 0 amide bonds. The Bertz CT molecular complexity index is 464. The van der Waals surface area contributed by atoms with Crippen molar-refractivity contribution in [2.24, 2.45) is 0 Å². The van der Waals surface area contributed by atoms with Crippen LogP contribution < -0.4 is 5.46 Å². The van der Waals surface area contributed by atoms with Gasteiger partial charge in [-0.05, 0) is 33.5 Å². The Kier molecular flexibility index (Phi) is 3.15. The molecule has 0 aromatic carbocycles. The summed E-state index contributed by atoms with van der Waals surface area (Å²) >= 11 is 4.66. The fourth-order valence-electron chi connectivity index (χ4n) is 1.13. The Labute approximate surface area is 98.9 Å². The van der Waals surface area contributed by atoms with Crippen LogP contribution in [0.25, 0.3) is 10.7 Å². The summed E-state index contributed by atoms with van der Waals surface area (Å²) in [6, 6.07) is 3.16. The van der Waals surface area contributed by atoms with Gasteiger partial charge in [-0.25, -0.2) is 9.97 Å². The molecule has 7 heteroatoms. The van der Waals surface area contributed by atoms with Crippen molar-refractivity contribution < 1.29 is 10.0 Å². The molecule has 0 aliphatic carbocycles. The lowest BCUT2D eigenvalue weighted by molar-refractivity contribution is 0.425. The van der Waals surface area contributed by atoms with E-state index in [-0.39, 0.29) is 0 Å². The highest BCUT2D eigenvalue weighted by Crippen LogP contribution is 2.20. The molecule has 2 aromatic rings. The van der Waals surface area contributed by atoms with E-state index in [0.29, 0.717) is 15.8 Å². The average molecular weight is 285 g/mol. The summed E-state index contributed by atoms with van der Waals surface area (Å²) in [4.78, 5) is 8.30. The van der Waals surface area contributed by atoms with Crippen molar-refractivity contribution in [1.29, 1.82) is 0 Å². The van der Waals surface area contributed by atoms with E-state index in [1.807, 2.05) is 5.38 Å². The van der Waals surface area contributed by atoms with Gasteiger partial charge < -0.3 is 10.0 Å². The van der Waals surface area contributed by atoms with E-state index in [4.69, 9.17) is 10.0 Å². The number of halogens is 1. The summed E-state index contributed by atoms with van der Waals surface area (Å²) in [5.74, 6) is 0. The maximum absolute atomic E-state index is 9.06. The van der Waals surface area contributed by atoms with Crippen LogP contribution >= 0.6 is 27.3 Å². The van der Waals surface area contributed by atoms with Gasteiger partial charge in [-0.2, -0.15) is 0 Å². The van der Waals surface area contributed by atoms with Gasteiger partial charge in [0.05, 0.1) is 5.69 Å². The molecule has 0 fully saturated rings. The molecular formula is C8H6BBrN2O2S. The quantitative estimate of drug-likeness (QED) is 0.628. The Balaban J connectivity index is 2.49. The van der Waals surface area contributed by atoms with Gasteiger partial charge >= 0.3 is 7.12 Å². The third kappa shape index (κ3) is 2.43. The predicted molar refractivity (Wildman–Crippen MR) is 62.9 cm³/mol. The lowest BCUT2D eigenvalue weighted by atomic mass is 9.81. The van der Waals surface area contributed by atoms with Crippen molar-refractivity contribution >= 4 is 39.8 Å². The summed E-state index contributed by atoms with van der Waals surface area (Å²) in [5, 5.41) is 20.7. The van der Waals surface area contributed by atoms with E-state index in [1.54, 1.807) is 18.3 Å². The second kappa shape index (κ2) is 4.40. The van der Waals surface area contributed by atoms with E-state index in [0.717, 1.165) is 5.01 Å². The molecular weight excluding hydrogens is 279 g/mol. The number of rotatable bonds is 2. The number of hydrogen-bond donors (Lipinski definition) is 2. The molecule has 2 aromatic heterocycles. The minimum Gasteiger partial charge on any atom is -0.423 e. The number of nitrogens with zero attached hydrogens (tertiary/aromatic N) is 2. The molecule has 0 aliphatic heterocycles. The zero-order valence-electron chi connectivity index (χ0n) is 7.46. The monoisotopic (exact) mass is 284 g/mol. The van der Waals surface area contributed by atoms with Crippen molar-refractivity contribution in [1.82, 2.24) is 9.97 Å². The predicted octanol–water partition coefficient (Wildman–Crippen LogP) is 0.647. The van der Waals surface area contributed by atoms with Crippen LogP contribution in [0.3, 0.4) is 0 Å². The molecule has 0 aliphatic rings. The Morgan fingerprint density at radius 1 is 1.33 bits per heavy atom. The molecule has 0 atom stereocenters. The summed E-state index contributed by atoms with van der Waals surface area (Å²) < 4.78 is 0.554. The smallest absolute Gasteiger partial charge is 0.423 e. The number of hydrogen-bond acceptors (Lipinski definition) is 5. The summed E-state index contributed by atoms with van der Waals surface area (Å²) in [5.41, 5.74) is 1.02. The van der Waals surface area contributed by atoms with Gasteiger partial charge in [-0.3, -0.25) is 0 Å². The van der Waals surface area contributed by atoms with Gasteiger partial charge in [0, 0.05) is 11.6 Å². The molecule has 0 unspecified atom stereocenters. The molecule has 15 heavy (non-hydrogen) atoms. The van der Waals surface area contributed by atoms with Crippen molar-refractivity contribution in [3.05, 3.63) is 28.3 Å². The number of aromatic nitrogens is 2. The first-order chi connectivity index (χ1) is 7.16. The van der Waals surface area contributed by atoms with Gasteiger partial charge in [0.2, 0.25) is 0 Å². The molecule has 4 nitrogen and oxygen atoms in total. The average Bonchev–Trinajstić information content (AvgIpc) is 2.69. The molecule has 2 N–H and O–H groups in total. The fraction of sp³-hybridized carbons (Fsp3) is 0. The van der Waals surface area contributed by atoms with E-state index < -0.39 is 7.12 Å². The molecule has 0 saturated heterocycles. The minimum absolute atomic E-state index is 0.391. The van der Waals surface area contributed by atoms with Crippen LogP contribution in [0.5, 0.6) is 0 Å². The zero-order chi connectivity index (χ0) is 10.8. The van der Waals surface area contributed by atoms with Crippen LogP contribution in [-0.4, -0.2) is 27.1 Å². The summed E-state index contributed by atoms with van der Waals surface area (Å²) in [6.45, 7) is 0. The fourth-order valence-corrected chi connectivity index (χ4v) is 2.18. The van der Waals surface area contributed by atoms with Gasteiger partial charge in [0.1, 0.15) is 9.61 Å². The van der Waals surface area contributed by atoms with Gasteiger partial charge in [0.15, 0.2) is 0 Å². The SMILES string of the molecule is OB(O)c1cc(Br)nc(-c2nccs2)c1. The lowest BCUT2D eigenvalue weighted by Gasteiger charge is -2.02. The Hall–Kier alpha value is -0.755. The van der Waals surface area contributed by atoms with Crippen molar-refractivity contribution in [2.45, 2.75) is 0 Å². The highest BCUT2D eigenvalue weighted by molar-refractivity contribution is 9.10. The Morgan fingerprint density at radius 2 is 2.13 bits per heavy atom. The van der Waals surface area contributed by atoms with Crippen molar-refractivity contribution in [3.8, 4) is 10.7 Å². The third-order valence-corrected chi connectivity index (χ3v) is 2.97. The van der Waals surface area contributed by atoms with Crippen LogP contribution in [-0.2, 0) is 0 Å². The van der Waals surface area contributed by atoms with Crippen molar-refractivity contribution in [3.63, 3.8) is 0 Å². The lowest BCUT2D eigenvalue weighted by Crippen LogP contribution is -2.30. The van der Waals surface area contributed by atoms with Gasteiger partial charge in [0.25, 0.3) is 0 Å². The standard InChI is InChI=1S/C8H6BBrN2O2S/c10-7-4-5(9(13)14)3-6(12-7)8-11-1-2-15-8/h1-4,13-14H. The highest BCUT2D eigenvalue weighted by Gasteiger charge is 2.14. The zero-order valence-corrected chi connectivity index (χ0v) is 9.86. The number of pyridine rings is 1. The summed E-state index contributed by atoms with van der Waals surface area (Å²) in [7, 11) is -1.50. The minimum atomic E-state index is -1.50. The second-order valence-corrected chi connectivity index (χ2v) is 4.53. The van der Waals surface area contributed by atoms with Crippen LogP contribution in [0.15, 0.2) is 28.3 Å².